The first-order valence-corrected chi connectivity index (χ1v) is 10.8. The Kier molecular flexibility index (Phi) is 6.60. The van der Waals surface area contributed by atoms with Crippen molar-refractivity contribution in [1.82, 2.24) is 4.90 Å². The van der Waals surface area contributed by atoms with E-state index in [4.69, 9.17) is 16.3 Å². The van der Waals surface area contributed by atoms with Crippen molar-refractivity contribution in [3.05, 3.63) is 94.0 Å². The zero-order valence-corrected chi connectivity index (χ0v) is 18.5. The number of hydrogen-bond acceptors (Lipinski definition) is 3. The number of nitrogens with one attached hydrogen (secondary N) is 1. The fourth-order valence-electron chi connectivity index (χ4n) is 3.74. The lowest BCUT2D eigenvalue weighted by molar-refractivity contribution is -0.139. The van der Waals surface area contributed by atoms with Crippen LogP contribution in [0.2, 0.25) is 5.02 Å². The molecule has 0 spiro atoms. The second kappa shape index (κ2) is 9.58. The first-order valence-electron chi connectivity index (χ1n) is 10.4. The van der Waals surface area contributed by atoms with Crippen LogP contribution in [0.25, 0.3) is 0 Å². The van der Waals surface area contributed by atoms with Crippen LogP contribution in [0.1, 0.15) is 34.8 Å². The van der Waals surface area contributed by atoms with Gasteiger partial charge >= 0.3 is 0 Å². The average Bonchev–Trinajstić information content (AvgIpc) is 2.89. The van der Waals surface area contributed by atoms with Gasteiger partial charge in [-0.05, 0) is 54.4 Å². The minimum absolute atomic E-state index is 0.0169. The first kappa shape index (κ1) is 22.7. The number of ether oxygens (including phenoxy) is 1. The maximum absolute atomic E-state index is 13.7. The SMILES string of the molecule is CCC1Oc2ccc(NC(=O)c3ccccc3Cl)cc2CN(Cc2cc(F)cc(F)c2)C1=O. The van der Waals surface area contributed by atoms with Gasteiger partial charge in [0, 0.05) is 30.4 Å². The Bertz CT molecular complexity index is 1200. The van der Waals surface area contributed by atoms with Gasteiger partial charge in [0.1, 0.15) is 17.4 Å². The summed E-state index contributed by atoms with van der Waals surface area (Å²) in [5, 5.41) is 3.14. The van der Waals surface area contributed by atoms with Crippen molar-refractivity contribution in [2.24, 2.45) is 0 Å². The Balaban J connectivity index is 1.61. The van der Waals surface area contributed by atoms with Crippen LogP contribution in [0, 0.1) is 11.6 Å². The molecule has 8 heteroatoms. The summed E-state index contributed by atoms with van der Waals surface area (Å²) in [7, 11) is 0. The fourth-order valence-corrected chi connectivity index (χ4v) is 3.97. The summed E-state index contributed by atoms with van der Waals surface area (Å²) in [5.74, 6) is -1.55. The predicted octanol–water partition coefficient (Wildman–Crippen LogP) is 5.57. The van der Waals surface area contributed by atoms with Crippen molar-refractivity contribution < 1.29 is 23.1 Å². The van der Waals surface area contributed by atoms with Crippen molar-refractivity contribution >= 4 is 29.1 Å². The Morgan fingerprint density at radius 2 is 1.85 bits per heavy atom. The van der Waals surface area contributed by atoms with E-state index in [1.54, 1.807) is 42.5 Å². The molecular formula is C25H21ClF2N2O3. The molecular weight excluding hydrogens is 450 g/mol. The molecule has 0 fully saturated rings. The quantitative estimate of drug-likeness (QED) is 0.530. The number of halogens is 3. The van der Waals surface area contributed by atoms with E-state index < -0.39 is 17.7 Å². The van der Waals surface area contributed by atoms with Gasteiger partial charge in [-0.3, -0.25) is 9.59 Å². The lowest BCUT2D eigenvalue weighted by Crippen LogP contribution is -2.38. The topological polar surface area (TPSA) is 58.6 Å². The standard InChI is InChI=1S/C25H21ClF2N2O3/c1-2-22-25(32)30(13-15-9-17(27)12-18(28)10-15)14-16-11-19(7-8-23(16)33-22)29-24(31)20-5-3-4-6-21(20)26/h3-12,22H,2,13-14H2,1H3,(H,29,31). The monoisotopic (exact) mass is 470 g/mol. The van der Waals surface area contributed by atoms with Gasteiger partial charge in [-0.2, -0.15) is 0 Å². The number of nitrogens with zero attached hydrogens (tertiary/aromatic N) is 1. The number of fused-ring (bicyclic) bond motifs is 1. The molecule has 0 aliphatic carbocycles. The van der Waals surface area contributed by atoms with E-state index in [0.29, 0.717) is 39.6 Å². The largest absolute Gasteiger partial charge is 0.480 e. The van der Waals surface area contributed by atoms with Gasteiger partial charge in [-0.15, -0.1) is 0 Å². The van der Waals surface area contributed by atoms with Crippen molar-refractivity contribution in [3.8, 4) is 5.75 Å². The third-order valence-electron chi connectivity index (χ3n) is 5.32. The molecule has 0 bridgehead atoms. The van der Waals surface area contributed by atoms with Crippen molar-refractivity contribution in [1.29, 1.82) is 0 Å². The van der Waals surface area contributed by atoms with Gasteiger partial charge in [0.15, 0.2) is 6.10 Å². The normalized spacial score (nSPS) is 15.5. The van der Waals surface area contributed by atoms with Gasteiger partial charge in [-0.1, -0.05) is 30.7 Å². The number of rotatable bonds is 5. The number of carbonyl (C=O) groups excluding carboxylic acids is 2. The second-order valence-electron chi connectivity index (χ2n) is 7.74. The number of benzene rings is 3. The zero-order valence-electron chi connectivity index (χ0n) is 17.8. The Morgan fingerprint density at radius 1 is 1.12 bits per heavy atom. The predicted molar refractivity (Wildman–Crippen MR) is 121 cm³/mol. The molecule has 1 N–H and O–H groups in total. The molecule has 4 rings (SSSR count). The van der Waals surface area contributed by atoms with Gasteiger partial charge in [-0.25, -0.2) is 8.78 Å². The van der Waals surface area contributed by atoms with Gasteiger partial charge in [0.05, 0.1) is 10.6 Å². The highest BCUT2D eigenvalue weighted by molar-refractivity contribution is 6.34. The highest BCUT2D eigenvalue weighted by Crippen LogP contribution is 2.31. The molecule has 1 unspecified atom stereocenters. The van der Waals surface area contributed by atoms with E-state index >= 15 is 0 Å². The molecule has 0 saturated carbocycles. The van der Waals surface area contributed by atoms with Crippen LogP contribution in [0.4, 0.5) is 14.5 Å². The van der Waals surface area contributed by atoms with E-state index in [2.05, 4.69) is 5.32 Å². The number of carbonyl (C=O) groups is 2. The molecule has 1 heterocycles. The van der Waals surface area contributed by atoms with Crippen LogP contribution in [0.5, 0.6) is 5.75 Å². The van der Waals surface area contributed by atoms with Crippen molar-refractivity contribution in [2.45, 2.75) is 32.5 Å². The Hall–Kier alpha value is -3.45. The third-order valence-corrected chi connectivity index (χ3v) is 5.65. The molecule has 33 heavy (non-hydrogen) atoms. The molecule has 1 aliphatic rings. The minimum atomic E-state index is -0.728. The van der Waals surface area contributed by atoms with E-state index in [9.17, 15) is 18.4 Å². The Labute approximate surface area is 194 Å². The molecule has 0 saturated heterocycles. The molecule has 0 aromatic heterocycles. The summed E-state index contributed by atoms with van der Waals surface area (Å²) in [6, 6.07) is 15.0. The van der Waals surface area contributed by atoms with Crippen molar-refractivity contribution in [2.75, 3.05) is 5.32 Å². The Morgan fingerprint density at radius 3 is 2.55 bits per heavy atom. The van der Waals surface area contributed by atoms with Crippen molar-refractivity contribution in [3.63, 3.8) is 0 Å². The lowest BCUT2D eigenvalue weighted by atomic mass is 10.1. The highest BCUT2D eigenvalue weighted by atomic mass is 35.5. The maximum Gasteiger partial charge on any atom is 0.264 e. The highest BCUT2D eigenvalue weighted by Gasteiger charge is 2.30. The summed E-state index contributed by atoms with van der Waals surface area (Å²) in [6.45, 7) is 1.99. The molecule has 2 amide bonds. The number of hydrogen-bond donors (Lipinski definition) is 1. The summed E-state index contributed by atoms with van der Waals surface area (Å²) in [5.41, 5.74) is 1.83. The molecule has 3 aromatic carbocycles. The van der Waals surface area contributed by atoms with Crippen LogP contribution in [-0.2, 0) is 17.9 Å². The molecule has 5 nitrogen and oxygen atoms in total. The van der Waals surface area contributed by atoms with Crippen LogP contribution in [0.15, 0.2) is 60.7 Å². The summed E-state index contributed by atoms with van der Waals surface area (Å²) >= 11 is 6.11. The van der Waals surface area contributed by atoms with E-state index in [-0.39, 0.29) is 24.9 Å². The number of anilines is 1. The van der Waals surface area contributed by atoms with Gasteiger partial charge < -0.3 is 15.0 Å². The average molecular weight is 471 g/mol. The van der Waals surface area contributed by atoms with E-state index in [0.717, 1.165) is 6.07 Å². The second-order valence-corrected chi connectivity index (χ2v) is 8.15. The summed E-state index contributed by atoms with van der Waals surface area (Å²) in [4.78, 5) is 27.2. The lowest BCUT2D eigenvalue weighted by Gasteiger charge is -2.23. The maximum atomic E-state index is 13.7. The third kappa shape index (κ3) is 5.14. The molecule has 0 radical (unpaired) electrons. The smallest absolute Gasteiger partial charge is 0.264 e. The number of amides is 2. The first-order chi connectivity index (χ1) is 15.8. The molecule has 170 valence electrons. The van der Waals surface area contributed by atoms with Gasteiger partial charge in [0.2, 0.25) is 0 Å². The van der Waals surface area contributed by atoms with Crippen LogP contribution >= 0.6 is 11.6 Å². The van der Waals surface area contributed by atoms with Crippen LogP contribution in [0.3, 0.4) is 0 Å². The molecule has 1 aliphatic heterocycles. The molecule has 1 atom stereocenters. The minimum Gasteiger partial charge on any atom is -0.480 e. The fraction of sp³-hybridized carbons (Fsp3) is 0.200. The van der Waals surface area contributed by atoms with Gasteiger partial charge in [0.25, 0.3) is 11.8 Å². The van der Waals surface area contributed by atoms with E-state index in [1.807, 2.05) is 6.92 Å². The summed E-state index contributed by atoms with van der Waals surface area (Å²) in [6.07, 6.45) is -0.301. The van der Waals surface area contributed by atoms with Crippen LogP contribution in [-0.4, -0.2) is 22.8 Å². The summed E-state index contributed by atoms with van der Waals surface area (Å²) < 4.78 is 33.3. The molecule has 3 aromatic rings. The van der Waals surface area contributed by atoms with E-state index in [1.165, 1.54) is 17.0 Å². The zero-order chi connectivity index (χ0) is 23.5. The van der Waals surface area contributed by atoms with Crippen LogP contribution < -0.4 is 10.1 Å².